The van der Waals surface area contributed by atoms with Gasteiger partial charge in [0.25, 0.3) is 0 Å². The van der Waals surface area contributed by atoms with Crippen molar-refractivity contribution in [1.29, 1.82) is 0 Å². The van der Waals surface area contributed by atoms with Crippen LogP contribution in [-0.4, -0.2) is 26.3 Å². The second-order valence-electron chi connectivity index (χ2n) is 5.41. The Morgan fingerprint density at radius 3 is 2.68 bits per heavy atom. The van der Waals surface area contributed by atoms with Crippen LogP contribution in [0, 0.1) is 5.82 Å². The Bertz CT molecular complexity index is 853. The molecule has 3 aromatic rings. The maximum Gasteiger partial charge on any atom is 0.233 e. The van der Waals surface area contributed by atoms with Crippen LogP contribution in [0.5, 0.6) is 0 Å². The molecule has 7 heteroatoms. The lowest BCUT2D eigenvalue weighted by Gasteiger charge is -2.10. The first-order valence-corrected chi connectivity index (χ1v) is 8.67. The van der Waals surface area contributed by atoms with Gasteiger partial charge < -0.3 is 5.32 Å². The fourth-order valence-electron chi connectivity index (χ4n) is 2.21. The lowest BCUT2D eigenvalue weighted by Crippen LogP contribution is -2.30. The zero-order valence-corrected chi connectivity index (χ0v) is 14.4. The number of benzene rings is 2. The van der Waals surface area contributed by atoms with E-state index in [1.54, 1.807) is 25.1 Å². The van der Waals surface area contributed by atoms with Gasteiger partial charge in [-0.05, 0) is 24.6 Å². The Kier molecular flexibility index (Phi) is 5.45. The summed E-state index contributed by atoms with van der Waals surface area (Å²) in [6.45, 7) is 2.25. The minimum atomic E-state index is -0.371. The Labute approximate surface area is 149 Å². The molecule has 0 aliphatic carbocycles. The molecule has 5 nitrogen and oxygen atoms in total. The number of nitrogens with zero attached hydrogens (tertiary/aromatic N) is 2. The third-order valence-electron chi connectivity index (χ3n) is 3.55. The average Bonchev–Trinajstić information content (AvgIpc) is 3.09. The number of nitrogens with one attached hydrogen (secondary N) is 2. The normalized spacial score (nSPS) is 11.9. The van der Waals surface area contributed by atoms with Gasteiger partial charge in [-0.2, -0.15) is 0 Å². The van der Waals surface area contributed by atoms with E-state index in [1.165, 1.54) is 17.8 Å². The van der Waals surface area contributed by atoms with E-state index in [0.29, 0.717) is 23.1 Å². The standard InChI is InChI=1S/C18H17FN4OS/c1-12(17(24)20-11-13-7-3-2-4-8-13)25-18-21-16(22-23-18)14-9-5-6-10-15(14)19/h2-10,12H,11H2,1H3,(H,20,24)(H,21,22,23). The van der Waals surface area contributed by atoms with Crippen molar-refractivity contribution >= 4 is 17.7 Å². The number of H-pyrrole nitrogens is 1. The van der Waals surface area contributed by atoms with Gasteiger partial charge in [-0.1, -0.05) is 54.2 Å². The molecule has 1 amide bonds. The van der Waals surface area contributed by atoms with Crippen molar-refractivity contribution in [3.8, 4) is 11.4 Å². The third-order valence-corrected chi connectivity index (χ3v) is 4.52. The molecule has 3 rings (SSSR count). The van der Waals surface area contributed by atoms with E-state index in [-0.39, 0.29) is 17.0 Å². The summed E-state index contributed by atoms with van der Waals surface area (Å²) in [6, 6.07) is 16.0. The van der Waals surface area contributed by atoms with Crippen LogP contribution in [0.3, 0.4) is 0 Å². The molecule has 0 bridgehead atoms. The number of amides is 1. The molecule has 1 aromatic heterocycles. The summed E-state index contributed by atoms with van der Waals surface area (Å²) < 4.78 is 13.8. The maximum absolute atomic E-state index is 13.8. The van der Waals surface area contributed by atoms with Gasteiger partial charge in [0, 0.05) is 6.54 Å². The summed E-state index contributed by atoms with van der Waals surface area (Å²) in [6.07, 6.45) is 0. The van der Waals surface area contributed by atoms with Gasteiger partial charge in [-0.3, -0.25) is 9.89 Å². The maximum atomic E-state index is 13.8. The topological polar surface area (TPSA) is 70.7 Å². The number of hydrogen-bond donors (Lipinski definition) is 2. The van der Waals surface area contributed by atoms with E-state index in [1.807, 2.05) is 30.3 Å². The van der Waals surface area contributed by atoms with E-state index in [4.69, 9.17) is 0 Å². The van der Waals surface area contributed by atoms with E-state index >= 15 is 0 Å². The summed E-state index contributed by atoms with van der Waals surface area (Å²) in [7, 11) is 0. The zero-order chi connectivity index (χ0) is 17.6. The summed E-state index contributed by atoms with van der Waals surface area (Å²) in [5.41, 5.74) is 1.39. The lowest BCUT2D eigenvalue weighted by atomic mass is 10.2. The molecule has 0 fully saturated rings. The molecule has 0 radical (unpaired) electrons. The molecule has 1 atom stereocenters. The summed E-state index contributed by atoms with van der Waals surface area (Å²) in [5.74, 6) is -0.132. The largest absolute Gasteiger partial charge is 0.351 e. The fraction of sp³-hybridized carbons (Fsp3) is 0.167. The first kappa shape index (κ1) is 17.2. The smallest absolute Gasteiger partial charge is 0.233 e. The molecule has 2 N–H and O–H groups in total. The second-order valence-corrected chi connectivity index (χ2v) is 6.72. The highest BCUT2D eigenvalue weighted by molar-refractivity contribution is 8.00. The van der Waals surface area contributed by atoms with Crippen molar-refractivity contribution < 1.29 is 9.18 Å². The first-order chi connectivity index (χ1) is 12.1. The Balaban J connectivity index is 1.59. The predicted octanol–water partition coefficient (Wildman–Crippen LogP) is 3.41. The van der Waals surface area contributed by atoms with Gasteiger partial charge in [0.15, 0.2) is 5.82 Å². The first-order valence-electron chi connectivity index (χ1n) is 7.79. The quantitative estimate of drug-likeness (QED) is 0.664. The molecule has 0 saturated heterocycles. The number of carbonyl (C=O) groups excluding carboxylic acids is 1. The van der Waals surface area contributed by atoms with Crippen molar-refractivity contribution in [2.24, 2.45) is 0 Å². The van der Waals surface area contributed by atoms with Crippen LogP contribution >= 0.6 is 11.8 Å². The van der Waals surface area contributed by atoms with E-state index < -0.39 is 0 Å². The van der Waals surface area contributed by atoms with Crippen molar-refractivity contribution in [3.63, 3.8) is 0 Å². The Morgan fingerprint density at radius 1 is 1.20 bits per heavy atom. The fourth-order valence-corrected chi connectivity index (χ4v) is 2.96. The van der Waals surface area contributed by atoms with Gasteiger partial charge in [0.2, 0.25) is 11.1 Å². The average molecular weight is 356 g/mol. The minimum Gasteiger partial charge on any atom is -0.351 e. The third kappa shape index (κ3) is 4.45. The summed E-state index contributed by atoms with van der Waals surface area (Å²) in [4.78, 5) is 16.5. The Morgan fingerprint density at radius 2 is 1.92 bits per heavy atom. The number of aromatic nitrogens is 3. The Hall–Kier alpha value is -2.67. The number of rotatable bonds is 6. The highest BCUT2D eigenvalue weighted by atomic mass is 32.2. The monoisotopic (exact) mass is 356 g/mol. The van der Waals surface area contributed by atoms with Gasteiger partial charge in [-0.15, -0.1) is 5.10 Å². The van der Waals surface area contributed by atoms with Gasteiger partial charge in [0.05, 0.1) is 10.8 Å². The number of halogens is 1. The zero-order valence-electron chi connectivity index (χ0n) is 13.6. The van der Waals surface area contributed by atoms with Crippen LogP contribution in [0.4, 0.5) is 4.39 Å². The molecule has 128 valence electrons. The predicted molar refractivity (Wildman–Crippen MR) is 95.4 cm³/mol. The van der Waals surface area contributed by atoms with Crippen molar-refractivity contribution in [2.45, 2.75) is 23.9 Å². The van der Waals surface area contributed by atoms with Crippen LogP contribution < -0.4 is 5.32 Å². The number of thioether (sulfide) groups is 1. The molecular weight excluding hydrogens is 339 g/mol. The van der Waals surface area contributed by atoms with E-state index in [0.717, 1.165) is 5.56 Å². The molecule has 25 heavy (non-hydrogen) atoms. The number of hydrogen-bond acceptors (Lipinski definition) is 4. The van der Waals surface area contributed by atoms with Crippen molar-refractivity contribution in [2.75, 3.05) is 0 Å². The SMILES string of the molecule is CC(Sc1n[nH]c(-c2ccccc2F)n1)C(=O)NCc1ccccc1. The molecule has 0 spiro atoms. The number of aromatic amines is 1. The molecular formula is C18H17FN4OS. The molecule has 0 aliphatic heterocycles. The van der Waals surface area contributed by atoms with Crippen molar-refractivity contribution in [1.82, 2.24) is 20.5 Å². The van der Waals surface area contributed by atoms with Crippen LogP contribution in [0.25, 0.3) is 11.4 Å². The molecule has 2 aromatic carbocycles. The van der Waals surface area contributed by atoms with E-state index in [2.05, 4.69) is 20.5 Å². The molecule has 0 saturated carbocycles. The van der Waals surface area contributed by atoms with Crippen LogP contribution in [-0.2, 0) is 11.3 Å². The number of carbonyl (C=O) groups is 1. The minimum absolute atomic E-state index is 0.105. The lowest BCUT2D eigenvalue weighted by molar-refractivity contribution is -0.120. The highest BCUT2D eigenvalue weighted by Crippen LogP contribution is 2.24. The van der Waals surface area contributed by atoms with Crippen LogP contribution in [0.15, 0.2) is 59.8 Å². The summed E-state index contributed by atoms with van der Waals surface area (Å²) >= 11 is 1.22. The van der Waals surface area contributed by atoms with Crippen LogP contribution in [0.1, 0.15) is 12.5 Å². The van der Waals surface area contributed by atoms with Crippen LogP contribution in [0.2, 0.25) is 0 Å². The van der Waals surface area contributed by atoms with Gasteiger partial charge >= 0.3 is 0 Å². The summed E-state index contributed by atoms with van der Waals surface area (Å²) in [5, 5.41) is 9.68. The van der Waals surface area contributed by atoms with Gasteiger partial charge in [0.1, 0.15) is 5.82 Å². The molecule has 1 unspecified atom stereocenters. The molecule has 0 aliphatic rings. The van der Waals surface area contributed by atoms with E-state index in [9.17, 15) is 9.18 Å². The van der Waals surface area contributed by atoms with Crippen molar-refractivity contribution in [3.05, 3.63) is 66.0 Å². The molecule has 1 heterocycles. The second kappa shape index (κ2) is 7.94. The van der Waals surface area contributed by atoms with Gasteiger partial charge in [-0.25, -0.2) is 9.37 Å². The highest BCUT2D eigenvalue weighted by Gasteiger charge is 2.18.